The number of hydrogen-bond donors (Lipinski definition) is 1. The van der Waals surface area contributed by atoms with Gasteiger partial charge in [0.15, 0.2) is 0 Å². The van der Waals surface area contributed by atoms with Crippen molar-refractivity contribution in [2.75, 3.05) is 19.6 Å². The summed E-state index contributed by atoms with van der Waals surface area (Å²) < 4.78 is 28.5. The summed E-state index contributed by atoms with van der Waals surface area (Å²) in [4.78, 5) is 18.0. The molecule has 0 radical (unpaired) electrons. The first kappa shape index (κ1) is 28.8. The van der Waals surface area contributed by atoms with Gasteiger partial charge in [-0.2, -0.15) is 0 Å². The van der Waals surface area contributed by atoms with Gasteiger partial charge in [-0.1, -0.05) is 36.7 Å². The lowest BCUT2D eigenvalue weighted by atomic mass is 9.72. The van der Waals surface area contributed by atoms with Crippen molar-refractivity contribution in [1.29, 1.82) is 0 Å². The second-order valence-electron chi connectivity index (χ2n) is 11.2. The molecule has 2 aromatic carbocycles. The fraction of sp³-hybridized carbons (Fsp3) is 0.536. The molecule has 0 unspecified atom stereocenters. The van der Waals surface area contributed by atoms with E-state index in [2.05, 4.69) is 25.7 Å². The lowest BCUT2D eigenvalue weighted by Crippen LogP contribution is -2.60. The van der Waals surface area contributed by atoms with Gasteiger partial charge in [0, 0.05) is 42.2 Å². The average Bonchev–Trinajstić information content (AvgIpc) is 3.23. The number of aliphatic hydroxyl groups is 1. The second kappa shape index (κ2) is 10.6. The Hall–Kier alpha value is -1.73. The highest BCUT2D eigenvalue weighted by Crippen LogP contribution is 2.44. The molecule has 0 bridgehead atoms. The SMILES string of the molecule is C[C@@H]1N(C(=O)[C@@H]2CN(C(C)(C)C)C[C@H]2c2ccc(F)cc2F)CC[C@H](C)[C@@]1(O)c1ccc(Cl)cc1.Cl. The summed E-state index contributed by atoms with van der Waals surface area (Å²) >= 11 is 6.08. The molecule has 198 valence electrons. The topological polar surface area (TPSA) is 43.8 Å². The fourth-order valence-electron chi connectivity index (χ4n) is 5.87. The minimum absolute atomic E-state index is 0. The van der Waals surface area contributed by atoms with Crippen molar-refractivity contribution >= 4 is 29.9 Å². The number of benzene rings is 2. The second-order valence-corrected chi connectivity index (χ2v) is 11.6. The Bertz CT molecular complexity index is 1090. The van der Waals surface area contributed by atoms with Gasteiger partial charge in [0.2, 0.25) is 5.91 Å². The molecule has 2 aliphatic rings. The molecule has 1 N–H and O–H groups in total. The van der Waals surface area contributed by atoms with Crippen molar-refractivity contribution < 1.29 is 18.7 Å². The van der Waals surface area contributed by atoms with Crippen LogP contribution >= 0.6 is 24.0 Å². The van der Waals surface area contributed by atoms with Crippen LogP contribution in [-0.4, -0.2) is 52.0 Å². The van der Waals surface area contributed by atoms with Gasteiger partial charge in [0.05, 0.1) is 12.0 Å². The first-order valence-electron chi connectivity index (χ1n) is 12.3. The van der Waals surface area contributed by atoms with E-state index in [0.29, 0.717) is 36.6 Å². The molecule has 2 aliphatic heterocycles. The third kappa shape index (κ3) is 5.15. The van der Waals surface area contributed by atoms with Crippen molar-refractivity contribution in [3.63, 3.8) is 0 Å². The zero-order chi connectivity index (χ0) is 25.7. The van der Waals surface area contributed by atoms with Crippen LogP contribution in [0.5, 0.6) is 0 Å². The third-order valence-electron chi connectivity index (χ3n) is 8.20. The molecule has 2 heterocycles. The Labute approximate surface area is 224 Å². The molecular formula is C28H36Cl2F2N2O2. The van der Waals surface area contributed by atoms with Crippen molar-refractivity contribution in [2.45, 2.75) is 64.1 Å². The van der Waals surface area contributed by atoms with E-state index in [-0.39, 0.29) is 29.8 Å². The minimum Gasteiger partial charge on any atom is -0.383 e. The van der Waals surface area contributed by atoms with Crippen LogP contribution in [0.25, 0.3) is 0 Å². The van der Waals surface area contributed by atoms with Gasteiger partial charge in [0.25, 0.3) is 0 Å². The highest BCUT2D eigenvalue weighted by molar-refractivity contribution is 6.30. The molecule has 0 spiro atoms. The van der Waals surface area contributed by atoms with Crippen molar-refractivity contribution in [1.82, 2.24) is 9.80 Å². The number of rotatable bonds is 3. The van der Waals surface area contributed by atoms with Gasteiger partial charge in [-0.25, -0.2) is 8.78 Å². The summed E-state index contributed by atoms with van der Waals surface area (Å²) in [5.41, 5.74) is -0.362. The Kier molecular flexibility index (Phi) is 8.46. The van der Waals surface area contributed by atoms with Gasteiger partial charge in [-0.05, 0) is 69.4 Å². The summed E-state index contributed by atoms with van der Waals surface area (Å²) in [5, 5.41) is 12.5. The molecule has 0 saturated carbocycles. The van der Waals surface area contributed by atoms with E-state index in [1.807, 2.05) is 26.0 Å². The first-order chi connectivity index (χ1) is 16.3. The smallest absolute Gasteiger partial charge is 0.228 e. The Morgan fingerprint density at radius 1 is 1.08 bits per heavy atom. The minimum atomic E-state index is -1.24. The normalized spacial score (nSPS) is 29.2. The molecule has 0 aliphatic carbocycles. The zero-order valence-electron chi connectivity index (χ0n) is 21.5. The van der Waals surface area contributed by atoms with Crippen LogP contribution in [0.1, 0.15) is 58.1 Å². The van der Waals surface area contributed by atoms with E-state index in [9.17, 15) is 18.7 Å². The van der Waals surface area contributed by atoms with Crippen LogP contribution in [-0.2, 0) is 10.4 Å². The van der Waals surface area contributed by atoms with Crippen LogP contribution in [0.15, 0.2) is 42.5 Å². The fourth-order valence-corrected chi connectivity index (χ4v) is 6.00. The maximum absolute atomic E-state index is 14.9. The summed E-state index contributed by atoms with van der Waals surface area (Å²) in [7, 11) is 0. The number of amides is 1. The average molecular weight is 542 g/mol. The summed E-state index contributed by atoms with van der Waals surface area (Å²) in [6, 6.07) is 10.3. The van der Waals surface area contributed by atoms with E-state index in [1.165, 1.54) is 12.1 Å². The van der Waals surface area contributed by atoms with Crippen LogP contribution in [0.4, 0.5) is 8.78 Å². The first-order valence-corrected chi connectivity index (χ1v) is 12.7. The highest BCUT2D eigenvalue weighted by Gasteiger charge is 2.51. The van der Waals surface area contributed by atoms with E-state index >= 15 is 0 Å². The monoisotopic (exact) mass is 540 g/mol. The van der Waals surface area contributed by atoms with Gasteiger partial charge in [0.1, 0.15) is 17.2 Å². The van der Waals surface area contributed by atoms with Gasteiger partial charge < -0.3 is 10.0 Å². The molecule has 4 rings (SSSR count). The maximum atomic E-state index is 14.9. The van der Waals surface area contributed by atoms with Crippen LogP contribution in [0.2, 0.25) is 5.02 Å². The van der Waals surface area contributed by atoms with E-state index in [4.69, 9.17) is 11.6 Å². The molecule has 2 aromatic rings. The van der Waals surface area contributed by atoms with Gasteiger partial charge in [-0.15, -0.1) is 12.4 Å². The molecule has 2 fully saturated rings. The van der Waals surface area contributed by atoms with Gasteiger partial charge >= 0.3 is 0 Å². The van der Waals surface area contributed by atoms with E-state index in [0.717, 1.165) is 11.6 Å². The number of likely N-dealkylation sites (tertiary alicyclic amines) is 2. The Morgan fingerprint density at radius 3 is 2.31 bits per heavy atom. The van der Waals surface area contributed by atoms with Crippen molar-refractivity contribution in [3.8, 4) is 0 Å². The molecule has 0 aromatic heterocycles. The number of halogens is 4. The highest BCUT2D eigenvalue weighted by atomic mass is 35.5. The predicted octanol–water partition coefficient (Wildman–Crippen LogP) is 6.00. The largest absolute Gasteiger partial charge is 0.383 e. The molecule has 2 saturated heterocycles. The predicted molar refractivity (Wildman–Crippen MR) is 141 cm³/mol. The standard InChI is InChI=1S/C28H35ClF2N2O2.ClH/c1-17-12-13-33(18(2)28(17,35)19-6-8-20(29)9-7-19)26(34)24-16-32(27(3,4)5)15-23(24)22-11-10-21(30)14-25(22)31;/h6-11,14,17-18,23-24,35H,12-13,15-16H2,1-5H3;1H/t17-,18-,23-,24+,28-;/m0./s1. The third-order valence-corrected chi connectivity index (χ3v) is 8.45. The summed E-state index contributed by atoms with van der Waals surface area (Å²) in [6.45, 7) is 11.6. The molecule has 5 atom stereocenters. The number of carbonyl (C=O) groups is 1. The lowest BCUT2D eigenvalue weighted by Gasteiger charge is -2.50. The van der Waals surface area contributed by atoms with Crippen LogP contribution in [0, 0.1) is 23.5 Å². The maximum Gasteiger partial charge on any atom is 0.228 e. The zero-order valence-corrected chi connectivity index (χ0v) is 23.0. The number of hydrogen-bond acceptors (Lipinski definition) is 3. The van der Waals surface area contributed by atoms with E-state index in [1.54, 1.807) is 17.0 Å². The Balaban J connectivity index is 0.00000361. The van der Waals surface area contributed by atoms with E-state index < -0.39 is 35.1 Å². The lowest BCUT2D eigenvalue weighted by molar-refractivity contribution is -0.159. The quantitative estimate of drug-likeness (QED) is 0.519. The van der Waals surface area contributed by atoms with Crippen molar-refractivity contribution in [2.24, 2.45) is 11.8 Å². The van der Waals surface area contributed by atoms with Crippen molar-refractivity contribution in [3.05, 3.63) is 70.2 Å². The number of piperidine rings is 1. The molecule has 4 nitrogen and oxygen atoms in total. The van der Waals surface area contributed by atoms with Crippen LogP contribution in [0.3, 0.4) is 0 Å². The number of carbonyl (C=O) groups excluding carboxylic acids is 1. The Morgan fingerprint density at radius 2 is 1.72 bits per heavy atom. The molecule has 8 heteroatoms. The number of nitrogens with zero attached hydrogens (tertiary/aromatic N) is 2. The van der Waals surface area contributed by atoms with Gasteiger partial charge in [-0.3, -0.25) is 9.69 Å². The summed E-state index contributed by atoms with van der Waals surface area (Å²) in [6.07, 6.45) is 0.639. The molecule has 1 amide bonds. The molecular weight excluding hydrogens is 505 g/mol. The van der Waals surface area contributed by atoms with Crippen LogP contribution < -0.4 is 0 Å². The summed E-state index contributed by atoms with van der Waals surface area (Å²) in [5.74, 6) is -2.33. The molecule has 36 heavy (non-hydrogen) atoms.